The van der Waals surface area contributed by atoms with Crippen molar-refractivity contribution in [3.63, 3.8) is 0 Å². The Hall–Kier alpha value is -1.70. The van der Waals surface area contributed by atoms with E-state index in [1.165, 1.54) is 0 Å². The van der Waals surface area contributed by atoms with E-state index in [1.54, 1.807) is 19.4 Å². The summed E-state index contributed by atoms with van der Waals surface area (Å²) in [4.78, 5) is 3.96. The second-order valence-corrected chi connectivity index (χ2v) is 5.27. The minimum Gasteiger partial charge on any atom is -0.306 e. The number of nitrogens with zero attached hydrogens (tertiary/aromatic N) is 2. The third-order valence-corrected chi connectivity index (χ3v) is 3.22. The molecular formula is C11H14N4O2S. The fourth-order valence-corrected chi connectivity index (χ4v) is 2.29. The van der Waals surface area contributed by atoms with E-state index in [0.717, 1.165) is 11.3 Å². The Balaban J connectivity index is 2.18. The van der Waals surface area contributed by atoms with Gasteiger partial charge in [0.2, 0.25) is 0 Å². The van der Waals surface area contributed by atoms with Crippen molar-refractivity contribution in [2.24, 2.45) is 5.14 Å². The van der Waals surface area contributed by atoms with Crippen molar-refractivity contribution in [1.82, 2.24) is 14.3 Å². The Morgan fingerprint density at radius 3 is 2.50 bits per heavy atom. The first-order valence-corrected chi connectivity index (χ1v) is 6.89. The number of hydrogen-bond acceptors (Lipinski definition) is 3. The molecule has 0 fully saturated rings. The second-order valence-electron chi connectivity index (χ2n) is 3.95. The summed E-state index contributed by atoms with van der Waals surface area (Å²) in [5, 5.41) is 4.93. The molecule has 0 spiro atoms. The molecule has 0 aliphatic rings. The largest absolute Gasteiger partial charge is 0.306 e. The molecule has 0 amide bonds. The summed E-state index contributed by atoms with van der Waals surface area (Å²) in [5.74, 6) is 0. The van der Waals surface area contributed by atoms with Crippen LogP contribution in [0.3, 0.4) is 0 Å². The predicted octanol–water partition coefficient (Wildman–Crippen LogP) is 0.726. The Bertz CT molecular complexity index is 605. The van der Waals surface area contributed by atoms with E-state index in [0.29, 0.717) is 0 Å². The molecule has 18 heavy (non-hydrogen) atoms. The Labute approximate surface area is 106 Å². The quantitative estimate of drug-likeness (QED) is 0.854. The summed E-state index contributed by atoms with van der Waals surface area (Å²) in [6.07, 6.45) is 5.22. The van der Waals surface area contributed by atoms with Gasteiger partial charge in [-0.25, -0.2) is 10.1 Å². The van der Waals surface area contributed by atoms with Crippen molar-refractivity contribution in [2.45, 2.75) is 13.0 Å². The van der Waals surface area contributed by atoms with Crippen molar-refractivity contribution in [2.75, 3.05) is 0 Å². The summed E-state index contributed by atoms with van der Waals surface area (Å²) in [7, 11) is -3.69. The van der Waals surface area contributed by atoms with Crippen LogP contribution in [-0.4, -0.2) is 18.0 Å². The first-order valence-electron chi connectivity index (χ1n) is 5.34. The SMILES string of the molecule is CC(NS(N)(=O)=O)c1ccc(-n2ccnc2)cc1. The van der Waals surface area contributed by atoms with Crippen molar-refractivity contribution in [3.8, 4) is 5.69 Å². The minimum atomic E-state index is -3.69. The van der Waals surface area contributed by atoms with Crippen LogP contribution in [0, 0.1) is 0 Å². The molecule has 0 radical (unpaired) electrons. The lowest BCUT2D eigenvalue weighted by Gasteiger charge is -2.12. The van der Waals surface area contributed by atoms with Crippen LogP contribution in [0.4, 0.5) is 0 Å². The van der Waals surface area contributed by atoms with Crippen molar-refractivity contribution >= 4 is 10.2 Å². The van der Waals surface area contributed by atoms with Gasteiger partial charge in [-0.3, -0.25) is 0 Å². The maximum absolute atomic E-state index is 10.9. The lowest BCUT2D eigenvalue weighted by molar-refractivity contribution is 0.568. The third kappa shape index (κ3) is 3.16. The summed E-state index contributed by atoms with van der Waals surface area (Å²) >= 11 is 0. The summed E-state index contributed by atoms with van der Waals surface area (Å²) in [6.45, 7) is 1.73. The molecule has 1 aromatic heterocycles. The van der Waals surface area contributed by atoms with Gasteiger partial charge < -0.3 is 4.57 Å². The van der Waals surface area contributed by atoms with Gasteiger partial charge in [-0.05, 0) is 24.6 Å². The Kier molecular flexibility index (Phi) is 3.46. The molecule has 7 heteroatoms. The molecule has 0 aliphatic carbocycles. The summed E-state index contributed by atoms with van der Waals surface area (Å²) in [6, 6.07) is 7.10. The van der Waals surface area contributed by atoms with Crippen LogP contribution in [0.1, 0.15) is 18.5 Å². The van der Waals surface area contributed by atoms with Crippen LogP contribution < -0.4 is 9.86 Å². The molecule has 6 nitrogen and oxygen atoms in total. The number of aromatic nitrogens is 2. The third-order valence-electron chi connectivity index (χ3n) is 2.54. The summed E-state index contributed by atoms with van der Waals surface area (Å²) in [5.41, 5.74) is 1.80. The molecule has 0 aliphatic heterocycles. The highest BCUT2D eigenvalue weighted by molar-refractivity contribution is 7.87. The first kappa shape index (κ1) is 12.7. The number of nitrogens with one attached hydrogen (secondary N) is 1. The second kappa shape index (κ2) is 4.89. The molecule has 0 saturated heterocycles. The smallest absolute Gasteiger partial charge is 0.274 e. The summed E-state index contributed by atoms with van der Waals surface area (Å²) < 4.78 is 26.0. The maximum atomic E-state index is 10.9. The zero-order valence-electron chi connectivity index (χ0n) is 9.82. The van der Waals surface area contributed by atoms with Gasteiger partial charge in [0, 0.05) is 24.1 Å². The van der Waals surface area contributed by atoms with E-state index in [9.17, 15) is 8.42 Å². The topological polar surface area (TPSA) is 90.0 Å². The lowest BCUT2D eigenvalue weighted by atomic mass is 10.1. The monoisotopic (exact) mass is 266 g/mol. The molecule has 1 unspecified atom stereocenters. The molecule has 0 saturated carbocycles. The van der Waals surface area contributed by atoms with Crippen LogP contribution in [0.5, 0.6) is 0 Å². The molecule has 2 rings (SSSR count). The Morgan fingerprint density at radius 1 is 1.33 bits per heavy atom. The van der Waals surface area contributed by atoms with Crippen LogP contribution in [0.25, 0.3) is 5.69 Å². The average Bonchev–Trinajstić information content (AvgIpc) is 2.80. The van der Waals surface area contributed by atoms with Gasteiger partial charge in [0.1, 0.15) is 0 Å². The van der Waals surface area contributed by atoms with Crippen LogP contribution >= 0.6 is 0 Å². The number of rotatable bonds is 4. The standard InChI is InChI=1S/C11H14N4O2S/c1-9(14-18(12,16)17)10-2-4-11(5-3-10)15-7-6-13-8-15/h2-9,14H,1H3,(H2,12,16,17). The molecule has 1 heterocycles. The fourth-order valence-electron chi connectivity index (χ4n) is 1.66. The first-order chi connectivity index (χ1) is 8.46. The van der Waals surface area contributed by atoms with E-state index >= 15 is 0 Å². The van der Waals surface area contributed by atoms with Gasteiger partial charge in [-0.1, -0.05) is 12.1 Å². The molecule has 2 aromatic rings. The van der Waals surface area contributed by atoms with Crippen molar-refractivity contribution < 1.29 is 8.42 Å². The van der Waals surface area contributed by atoms with Crippen LogP contribution in [0.2, 0.25) is 0 Å². The number of imidazole rings is 1. The maximum Gasteiger partial charge on any atom is 0.274 e. The van der Waals surface area contributed by atoms with Gasteiger partial charge in [0.15, 0.2) is 0 Å². The lowest BCUT2D eigenvalue weighted by Crippen LogP contribution is -2.32. The van der Waals surface area contributed by atoms with E-state index < -0.39 is 10.2 Å². The van der Waals surface area contributed by atoms with Crippen LogP contribution in [-0.2, 0) is 10.2 Å². The average molecular weight is 266 g/mol. The number of hydrogen-bond donors (Lipinski definition) is 2. The highest BCUT2D eigenvalue weighted by Crippen LogP contribution is 2.15. The Morgan fingerprint density at radius 2 is 2.00 bits per heavy atom. The zero-order valence-corrected chi connectivity index (χ0v) is 10.6. The molecule has 96 valence electrons. The van der Waals surface area contributed by atoms with Crippen molar-refractivity contribution in [3.05, 3.63) is 48.5 Å². The van der Waals surface area contributed by atoms with E-state index in [-0.39, 0.29) is 6.04 Å². The molecular weight excluding hydrogens is 252 g/mol. The number of benzene rings is 1. The van der Waals surface area contributed by atoms with Gasteiger partial charge >= 0.3 is 0 Å². The van der Waals surface area contributed by atoms with E-state index in [1.807, 2.05) is 35.0 Å². The van der Waals surface area contributed by atoms with E-state index in [2.05, 4.69) is 9.71 Å². The molecule has 1 atom stereocenters. The predicted molar refractivity (Wildman–Crippen MR) is 68.2 cm³/mol. The van der Waals surface area contributed by atoms with Crippen LogP contribution in [0.15, 0.2) is 43.0 Å². The van der Waals surface area contributed by atoms with E-state index in [4.69, 9.17) is 5.14 Å². The normalized spacial score (nSPS) is 13.4. The van der Waals surface area contributed by atoms with Crippen molar-refractivity contribution in [1.29, 1.82) is 0 Å². The zero-order chi connectivity index (χ0) is 13.2. The highest BCUT2D eigenvalue weighted by Gasteiger charge is 2.10. The fraction of sp³-hybridized carbons (Fsp3) is 0.182. The van der Waals surface area contributed by atoms with Gasteiger partial charge in [0.05, 0.1) is 6.33 Å². The van der Waals surface area contributed by atoms with Gasteiger partial charge in [-0.15, -0.1) is 0 Å². The minimum absolute atomic E-state index is 0.364. The number of nitrogens with two attached hydrogens (primary N) is 1. The highest BCUT2D eigenvalue weighted by atomic mass is 32.2. The molecule has 1 aromatic carbocycles. The molecule has 3 N–H and O–H groups in total. The molecule has 0 bridgehead atoms. The van der Waals surface area contributed by atoms with Gasteiger partial charge in [-0.2, -0.15) is 13.1 Å². The van der Waals surface area contributed by atoms with Gasteiger partial charge in [0.25, 0.3) is 10.2 Å².